The molecular weight excluding hydrogens is 613 g/mol. The molecular formula is C31H35Cl2N3O6S. The molecule has 12 heteroatoms. The lowest BCUT2D eigenvalue weighted by molar-refractivity contribution is -0.143. The van der Waals surface area contributed by atoms with Crippen LogP contribution in [0, 0.1) is 5.92 Å². The lowest BCUT2D eigenvalue weighted by Gasteiger charge is -2.30. The average Bonchev–Trinajstić information content (AvgIpc) is 3.89. The average molecular weight is 649 g/mol. The molecule has 3 atom stereocenters. The van der Waals surface area contributed by atoms with Crippen LogP contribution in [0.5, 0.6) is 0 Å². The van der Waals surface area contributed by atoms with E-state index >= 15 is 0 Å². The van der Waals surface area contributed by atoms with Crippen LogP contribution in [0.25, 0.3) is 0 Å². The van der Waals surface area contributed by atoms with Gasteiger partial charge >= 0.3 is 0 Å². The summed E-state index contributed by atoms with van der Waals surface area (Å²) in [4.78, 5) is 55.1. The Balaban J connectivity index is 1.45. The first-order valence-electron chi connectivity index (χ1n) is 14.5. The Kier molecular flexibility index (Phi) is 8.94. The Labute approximate surface area is 261 Å². The number of carbonyl (C=O) groups is 4. The van der Waals surface area contributed by atoms with E-state index in [0.717, 1.165) is 18.4 Å². The Hall–Kier alpha value is -2.95. The quantitative estimate of drug-likeness (QED) is 0.357. The number of sulfone groups is 1. The number of likely N-dealkylation sites (tertiary alicyclic amines) is 1. The van der Waals surface area contributed by atoms with Crippen molar-refractivity contribution in [2.75, 3.05) is 6.54 Å². The lowest BCUT2D eigenvalue weighted by atomic mass is 9.94. The van der Waals surface area contributed by atoms with Crippen LogP contribution in [-0.4, -0.2) is 66.7 Å². The van der Waals surface area contributed by atoms with Crippen LogP contribution in [-0.2, 0) is 34.4 Å². The molecule has 2 aromatic rings. The number of ketones is 1. The summed E-state index contributed by atoms with van der Waals surface area (Å²) >= 11 is 12.3. The van der Waals surface area contributed by atoms with Crippen LogP contribution < -0.4 is 10.6 Å². The van der Waals surface area contributed by atoms with Crippen LogP contribution in [0.2, 0.25) is 10.0 Å². The molecule has 0 spiro atoms. The van der Waals surface area contributed by atoms with Crippen molar-refractivity contribution in [2.24, 2.45) is 5.92 Å². The number of benzene rings is 2. The highest BCUT2D eigenvalue weighted by molar-refractivity contribution is 7.92. The monoisotopic (exact) mass is 647 g/mol. The molecule has 0 bridgehead atoms. The fourth-order valence-electron chi connectivity index (χ4n) is 5.76. The maximum Gasteiger partial charge on any atom is 0.289 e. The molecule has 2 N–H and O–H groups in total. The molecule has 1 heterocycles. The summed E-state index contributed by atoms with van der Waals surface area (Å²) in [5, 5.41) is 4.85. The molecule has 43 heavy (non-hydrogen) atoms. The van der Waals surface area contributed by atoms with Gasteiger partial charge < -0.3 is 15.5 Å². The summed E-state index contributed by atoms with van der Waals surface area (Å²) in [6.45, 7) is 3.52. The van der Waals surface area contributed by atoms with Gasteiger partial charge in [0.05, 0.1) is 26.6 Å². The molecule has 9 nitrogen and oxygen atoms in total. The van der Waals surface area contributed by atoms with Crippen molar-refractivity contribution in [1.82, 2.24) is 15.5 Å². The van der Waals surface area contributed by atoms with Crippen molar-refractivity contribution >= 4 is 56.5 Å². The molecule has 2 saturated carbocycles. The smallest absolute Gasteiger partial charge is 0.289 e. The van der Waals surface area contributed by atoms with Crippen LogP contribution in [0.15, 0.2) is 53.4 Å². The number of halogens is 2. The van der Waals surface area contributed by atoms with Gasteiger partial charge in [-0.25, -0.2) is 8.42 Å². The number of nitrogens with zero attached hydrogens (tertiary/aromatic N) is 1. The number of hydrogen-bond acceptors (Lipinski definition) is 6. The maximum absolute atomic E-state index is 14.2. The number of hydrogen-bond donors (Lipinski definition) is 2. The molecule has 1 aliphatic heterocycles. The van der Waals surface area contributed by atoms with Crippen LogP contribution in [0.1, 0.15) is 57.9 Å². The molecule has 0 radical (unpaired) electrons. The van der Waals surface area contributed by atoms with Crippen molar-refractivity contribution < 1.29 is 27.6 Å². The highest BCUT2D eigenvalue weighted by Gasteiger charge is 2.57. The summed E-state index contributed by atoms with van der Waals surface area (Å²) < 4.78 is 27.5. The number of amides is 3. The van der Waals surface area contributed by atoms with E-state index in [2.05, 4.69) is 10.6 Å². The van der Waals surface area contributed by atoms with Gasteiger partial charge in [-0.15, -0.1) is 0 Å². The van der Waals surface area contributed by atoms with Crippen molar-refractivity contribution in [1.29, 1.82) is 0 Å². The SMILES string of the molecule is CC(C)CC(NC(=O)C1CC(S(=O)(=O)c2ccccc2Cl)CN1C(=O)C1(c2ccc(Cl)cc2)CC1)C(=O)C(=O)NC1CC1. The Morgan fingerprint density at radius 3 is 2.23 bits per heavy atom. The summed E-state index contributed by atoms with van der Waals surface area (Å²) in [6, 6.07) is 10.7. The predicted molar refractivity (Wildman–Crippen MR) is 162 cm³/mol. The molecule has 3 unspecified atom stereocenters. The second-order valence-electron chi connectivity index (χ2n) is 12.2. The van der Waals surface area contributed by atoms with Gasteiger partial charge in [0.1, 0.15) is 6.04 Å². The third kappa shape index (κ3) is 6.61. The van der Waals surface area contributed by atoms with Gasteiger partial charge in [-0.3, -0.25) is 19.2 Å². The molecule has 230 valence electrons. The van der Waals surface area contributed by atoms with Gasteiger partial charge in [0, 0.05) is 17.6 Å². The number of carbonyl (C=O) groups excluding carboxylic acids is 4. The second-order valence-corrected chi connectivity index (χ2v) is 15.2. The topological polar surface area (TPSA) is 130 Å². The summed E-state index contributed by atoms with van der Waals surface area (Å²) in [7, 11) is -4.04. The molecule has 2 aromatic carbocycles. The maximum atomic E-state index is 14.2. The molecule has 5 rings (SSSR count). The van der Waals surface area contributed by atoms with E-state index in [-0.39, 0.29) is 47.2 Å². The van der Waals surface area contributed by atoms with E-state index < -0.39 is 50.2 Å². The summed E-state index contributed by atoms with van der Waals surface area (Å²) in [6.07, 6.45) is 2.70. The largest absolute Gasteiger partial charge is 0.347 e. The number of Topliss-reactive ketones (excluding diaryl/α,β-unsaturated/α-hetero) is 1. The fourth-order valence-corrected chi connectivity index (χ4v) is 8.10. The minimum absolute atomic E-state index is 0.0303. The van der Waals surface area contributed by atoms with Gasteiger partial charge in [-0.05, 0) is 74.3 Å². The Morgan fingerprint density at radius 1 is 1.00 bits per heavy atom. The van der Waals surface area contributed by atoms with Crippen LogP contribution >= 0.6 is 23.2 Å². The van der Waals surface area contributed by atoms with Gasteiger partial charge in [0.15, 0.2) is 9.84 Å². The Bertz CT molecular complexity index is 1540. The highest BCUT2D eigenvalue weighted by Crippen LogP contribution is 2.51. The van der Waals surface area contributed by atoms with Gasteiger partial charge in [0.2, 0.25) is 17.6 Å². The minimum atomic E-state index is -4.04. The minimum Gasteiger partial charge on any atom is -0.347 e. The van der Waals surface area contributed by atoms with Crippen molar-refractivity contribution in [2.45, 2.75) is 86.1 Å². The zero-order valence-electron chi connectivity index (χ0n) is 24.0. The molecule has 2 aliphatic carbocycles. The zero-order chi connectivity index (χ0) is 31.1. The third-order valence-corrected chi connectivity index (χ3v) is 11.3. The Morgan fingerprint density at radius 2 is 1.65 bits per heavy atom. The first-order chi connectivity index (χ1) is 20.3. The van der Waals surface area contributed by atoms with E-state index in [1.807, 2.05) is 13.8 Å². The lowest BCUT2D eigenvalue weighted by Crippen LogP contribution is -2.54. The molecule has 3 fully saturated rings. The van der Waals surface area contributed by atoms with Crippen molar-refractivity contribution in [3.8, 4) is 0 Å². The van der Waals surface area contributed by atoms with E-state index in [4.69, 9.17) is 23.2 Å². The fraction of sp³-hybridized carbons (Fsp3) is 0.484. The number of nitrogens with one attached hydrogen (secondary N) is 2. The number of rotatable bonds is 11. The van der Waals surface area contributed by atoms with E-state index in [9.17, 15) is 27.6 Å². The third-order valence-electron chi connectivity index (χ3n) is 8.44. The first kappa shape index (κ1) is 31.5. The zero-order valence-corrected chi connectivity index (χ0v) is 26.3. The van der Waals surface area contributed by atoms with E-state index in [1.165, 1.54) is 17.0 Å². The normalized spacial score (nSPS) is 21.7. The highest BCUT2D eigenvalue weighted by atomic mass is 35.5. The van der Waals surface area contributed by atoms with E-state index in [0.29, 0.717) is 17.9 Å². The van der Waals surface area contributed by atoms with Crippen molar-refractivity contribution in [3.63, 3.8) is 0 Å². The second kappa shape index (κ2) is 12.2. The predicted octanol–water partition coefficient (Wildman–Crippen LogP) is 3.85. The standard InChI is InChI=1S/C31H35Cl2N3O6S/c1-18(2)15-24(27(37)29(39)34-21-11-12-21)35-28(38)25-16-22(43(41,42)26-6-4-3-5-23(26)33)17-36(25)30(40)31(13-14-31)19-7-9-20(32)10-8-19/h3-10,18,21-22,24-25H,11-17H2,1-2H3,(H,34,39)(H,35,38). The molecule has 1 saturated heterocycles. The molecule has 3 amide bonds. The van der Waals surface area contributed by atoms with Gasteiger partial charge in [-0.1, -0.05) is 61.3 Å². The van der Waals surface area contributed by atoms with Crippen LogP contribution in [0.4, 0.5) is 0 Å². The first-order valence-corrected chi connectivity index (χ1v) is 16.8. The van der Waals surface area contributed by atoms with Crippen LogP contribution in [0.3, 0.4) is 0 Å². The van der Waals surface area contributed by atoms with Gasteiger partial charge in [-0.2, -0.15) is 0 Å². The van der Waals surface area contributed by atoms with Crippen molar-refractivity contribution in [3.05, 3.63) is 64.1 Å². The van der Waals surface area contributed by atoms with E-state index in [1.54, 1.807) is 36.4 Å². The molecule has 3 aliphatic rings. The summed E-state index contributed by atoms with van der Waals surface area (Å²) in [5.74, 6) is -2.57. The molecule has 0 aromatic heterocycles. The summed E-state index contributed by atoms with van der Waals surface area (Å²) in [5.41, 5.74) is -0.160. The van der Waals surface area contributed by atoms with Gasteiger partial charge in [0.25, 0.3) is 5.91 Å².